The Morgan fingerprint density at radius 3 is 2.65 bits per heavy atom. The first-order chi connectivity index (χ1) is 7.78. The third-order valence-electron chi connectivity index (χ3n) is 1.93. The van der Waals surface area contributed by atoms with Crippen LogP contribution in [0.15, 0.2) is 6.33 Å². The van der Waals surface area contributed by atoms with Gasteiger partial charge in [0.25, 0.3) is 0 Å². The van der Waals surface area contributed by atoms with Gasteiger partial charge in [0, 0.05) is 7.05 Å². The number of aryl methyl sites for hydroxylation is 1. The number of halogens is 3. The molecule has 1 aromatic heterocycles. The lowest BCUT2D eigenvalue weighted by molar-refractivity contribution is -0.155. The van der Waals surface area contributed by atoms with Crippen LogP contribution in [0.1, 0.15) is 5.82 Å². The minimum atomic E-state index is -4.45. The van der Waals surface area contributed by atoms with Gasteiger partial charge in [-0.05, 0) is 0 Å². The van der Waals surface area contributed by atoms with E-state index in [1.807, 2.05) is 0 Å². The maximum absolute atomic E-state index is 12.2. The Morgan fingerprint density at radius 1 is 1.59 bits per heavy atom. The van der Waals surface area contributed by atoms with Crippen LogP contribution in [-0.2, 0) is 18.4 Å². The SMILES string of the molecule is Cn1ncnc1CN(CC(=O)O)CC(F)(F)F. The molecule has 0 saturated carbocycles. The van der Waals surface area contributed by atoms with Crippen LogP contribution in [0, 0.1) is 0 Å². The number of carboxylic acid groups (broad SMARTS) is 1. The van der Waals surface area contributed by atoms with E-state index >= 15 is 0 Å². The number of hydrogen-bond acceptors (Lipinski definition) is 4. The van der Waals surface area contributed by atoms with Crippen molar-refractivity contribution in [2.75, 3.05) is 13.1 Å². The van der Waals surface area contributed by atoms with Crippen molar-refractivity contribution in [1.29, 1.82) is 0 Å². The van der Waals surface area contributed by atoms with Gasteiger partial charge in [0.2, 0.25) is 0 Å². The molecule has 0 aliphatic heterocycles. The van der Waals surface area contributed by atoms with Crippen molar-refractivity contribution in [3.8, 4) is 0 Å². The highest BCUT2D eigenvalue weighted by molar-refractivity contribution is 5.69. The average Bonchev–Trinajstić information content (AvgIpc) is 2.47. The molecule has 1 aromatic rings. The Kier molecular flexibility index (Phi) is 4.05. The number of aromatic nitrogens is 3. The van der Waals surface area contributed by atoms with Crippen LogP contribution < -0.4 is 0 Å². The number of carboxylic acids is 1. The molecular formula is C8H11F3N4O2. The van der Waals surface area contributed by atoms with Gasteiger partial charge in [0.1, 0.15) is 12.2 Å². The lowest BCUT2D eigenvalue weighted by Gasteiger charge is -2.20. The van der Waals surface area contributed by atoms with Crippen molar-refractivity contribution in [2.45, 2.75) is 12.7 Å². The number of aliphatic carboxylic acids is 1. The molecule has 0 amide bonds. The molecule has 0 unspecified atom stereocenters. The van der Waals surface area contributed by atoms with Crippen LogP contribution >= 0.6 is 0 Å². The van der Waals surface area contributed by atoms with Crippen molar-refractivity contribution < 1.29 is 23.1 Å². The second-order valence-electron chi connectivity index (χ2n) is 3.45. The number of alkyl halides is 3. The largest absolute Gasteiger partial charge is 0.480 e. The normalized spacial score (nSPS) is 12.1. The van der Waals surface area contributed by atoms with Gasteiger partial charge in [-0.25, -0.2) is 4.98 Å². The second-order valence-corrected chi connectivity index (χ2v) is 3.45. The summed E-state index contributed by atoms with van der Waals surface area (Å²) in [7, 11) is 1.52. The molecular weight excluding hydrogens is 241 g/mol. The van der Waals surface area contributed by atoms with E-state index in [0.717, 1.165) is 4.90 Å². The lowest BCUT2D eigenvalue weighted by atomic mass is 10.4. The van der Waals surface area contributed by atoms with E-state index in [1.54, 1.807) is 0 Å². The van der Waals surface area contributed by atoms with Crippen molar-refractivity contribution in [3.63, 3.8) is 0 Å². The summed E-state index contributed by atoms with van der Waals surface area (Å²) in [5.74, 6) is -1.05. The van der Waals surface area contributed by atoms with Crippen LogP contribution in [0.5, 0.6) is 0 Å². The van der Waals surface area contributed by atoms with Crippen LogP contribution in [0.4, 0.5) is 13.2 Å². The van der Waals surface area contributed by atoms with Gasteiger partial charge in [-0.1, -0.05) is 0 Å². The first-order valence-electron chi connectivity index (χ1n) is 4.61. The van der Waals surface area contributed by atoms with Gasteiger partial charge >= 0.3 is 12.1 Å². The van der Waals surface area contributed by atoms with Gasteiger partial charge < -0.3 is 5.11 Å². The summed E-state index contributed by atoms with van der Waals surface area (Å²) >= 11 is 0. The van der Waals surface area contributed by atoms with Crippen molar-refractivity contribution in [1.82, 2.24) is 19.7 Å². The smallest absolute Gasteiger partial charge is 0.401 e. The molecule has 0 aromatic carbocycles. The minimum absolute atomic E-state index is 0.220. The Bertz CT molecular complexity index is 390. The molecule has 1 heterocycles. The molecule has 6 nitrogen and oxygen atoms in total. The van der Waals surface area contributed by atoms with E-state index in [0.29, 0.717) is 0 Å². The van der Waals surface area contributed by atoms with E-state index in [2.05, 4.69) is 10.1 Å². The summed E-state index contributed by atoms with van der Waals surface area (Å²) in [4.78, 5) is 14.9. The minimum Gasteiger partial charge on any atom is -0.480 e. The lowest BCUT2D eigenvalue weighted by Crippen LogP contribution is -2.38. The molecule has 0 bridgehead atoms. The number of nitrogens with zero attached hydrogens (tertiary/aromatic N) is 4. The van der Waals surface area contributed by atoms with E-state index in [1.165, 1.54) is 18.1 Å². The Balaban J connectivity index is 2.70. The van der Waals surface area contributed by atoms with Crippen LogP contribution in [0.2, 0.25) is 0 Å². The zero-order chi connectivity index (χ0) is 13.1. The maximum Gasteiger partial charge on any atom is 0.401 e. The van der Waals surface area contributed by atoms with Gasteiger partial charge in [-0.3, -0.25) is 14.4 Å². The molecule has 0 atom stereocenters. The number of carbonyl (C=O) groups is 1. The fraction of sp³-hybridized carbons (Fsp3) is 0.625. The number of rotatable bonds is 5. The first kappa shape index (κ1) is 13.4. The topological polar surface area (TPSA) is 71.2 Å². The highest BCUT2D eigenvalue weighted by atomic mass is 19.4. The average molecular weight is 252 g/mol. The standard InChI is InChI=1S/C8H11F3N4O2/c1-14-6(12-5-13-14)2-15(3-7(16)17)4-8(9,10)11/h5H,2-4H2,1H3,(H,16,17). The Morgan fingerprint density at radius 2 is 2.24 bits per heavy atom. The summed E-state index contributed by atoms with van der Waals surface area (Å²) < 4.78 is 37.9. The zero-order valence-electron chi connectivity index (χ0n) is 8.98. The molecule has 0 saturated heterocycles. The summed E-state index contributed by atoms with van der Waals surface area (Å²) in [5.41, 5.74) is 0. The van der Waals surface area contributed by atoms with Gasteiger partial charge in [0.15, 0.2) is 0 Å². The molecule has 1 N–H and O–H groups in total. The molecule has 0 radical (unpaired) electrons. The zero-order valence-corrected chi connectivity index (χ0v) is 8.98. The monoisotopic (exact) mass is 252 g/mol. The molecule has 1 rings (SSSR count). The summed E-state index contributed by atoms with van der Waals surface area (Å²) in [6.45, 7) is -2.22. The van der Waals surface area contributed by atoms with E-state index in [-0.39, 0.29) is 12.4 Å². The Labute approximate surface area is 94.7 Å². The Hall–Kier alpha value is -1.64. The highest BCUT2D eigenvalue weighted by Gasteiger charge is 2.32. The molecule has 0 spiro atoms. The van der Waals surface area contributed by atoms with E-state index in [4.69, 9.17) is 5.11 Å². The number of hydrogen-bond donors (Lipinski definition) is 1. The summed E-state index contributed by atoms with van der Waals surface area (Å²) in [6.07, 6.45) is -3.25. The molecule has 0 fully saturated rings. The molecule has 17 heavy (non-hydrogen) atoms. The van der Waals surface area contributed by atoms with Crippen molar-refractivity contribution >= 4 is 5.97 Å². The molecule has 96 valence electrons. The third-order valence-corrected chi connectivity index (χ3v) is 1.93. The van der Waals surface area contributed by atoms with Crippen molar-refractivity contribution in [2.24, 2.45) is 7.05 Å². The fourth-order valence-corrected chi connectivity index (χ4v) is 1.28. The molecule has 0 aliphatic rings. The van der Waals surface area contributed by atoms with Gasteiger partial charge in [-0.15, -0.1) is 0 Å². The third kappa shape index (κ3) is 4.81. The first-order valence-corrected chi connectivity index (χ1v) is 4.61. The van der Waals surface area contributed by atoms with Gasteiger partial charge in [0.05, 0.1) is 19.6 Å². The molecule has 9 heteroatoms. The van der Waals surface area contributed by atoms with Crippen LogP contribution in [-0.4, -0.2) is 50.0 Å². The van der Waals surface area contributed by atoms with Gasteiger partial charge in [-0.2, -0.15) is 18.3 Å². The summed E-state index contributed by atoms with van der Waals surface area (Å²) in [6, 6.07) is 0. The van der Waals surface area contributed by atoms with E-state index < -0.39 is 25.2 Å². The summed E-state index contributed by atoms with van der Waals surface area (Å²) in [5, 5.41) is 12.2. The fourth-order valence-electron chi connectivity index (χ4n) is 1.28. The predicted molar refractivity (Wildman–Crippen MR) is 50.0 cm³/mol. The quantitative estimate of drug-likeness (QED) is 0.814. The highest BCUT2D eigenvalue weighted by Crippen LogP contribution is 2.17. The molecule has 0 aliphatic carbocycles. The maximum atomic E-state index is 12.2. The van der Waals surface area contributed by atoms with Crippen LogP contribution in [0.3, 0.4) is 0 Å². The van der Waals surface area contributed by atoms with Crippen LogP contribution in [0.25, 0.3) is 0 Å². The predicted octanol–water partition coefficient (Wildman–Crippen LogP) is 0.264. The van der Waals surface area contributed by atoms with Crippen molar-refractivity contribution in [3.05, 3.63) is 12.2 Å². The van der Waals surface area contributed by atoms with E-state index in [9.17, 15) is 18.0 Å². The second kappa shape index (κ2) is 5.13.